The molecule has 0 spiro atoms. The predicted octanol–water partition coefficient (Wildman–Crippen LogP) is 5.19. The van der Waals surface area contributed by atoms with Crippen LogP contribution in [0.1, 0.15) is 48.6 Å². The Bertz CT molecular complexity index is 973. The Morgan fingerprint density at radius 3 is 1.97 bits per heavy atom. The molecule has 3 aromatic rings. The van der Waals surface area contributed by atoms with Crippen LogP contribution >= 0.6 is 0 Å². The monoisotopic (exact) mass is 417 g/mol. The molecule has 1 aliphatic rings. The van der Waals surface area contributed by atoms with Crippen LogP contribution in [0.3, 0.4) is 0 Å². The Morgan fingerprint density at radius 2 is 1.42 bits per heavy atom. The quantitative estimate of drug-likeness (QED) is 0.530. The first-order valence-corrected chi connectivity index (χ1v) is 11.0. The molecule has 2 atom stereocenters. The third-order valence-corrected chi connectivity index (χ3v) is 5.65. The average Bonchev–Trinajstić information content (AvgIpc) is 2.79. The van der Waals surface area contributed by atoms with Gasteiger partial charge in [-0.15, -0.1) is 0 Å². The van der Waals surface area contributed by atoms with Gasteiger partial charge in [-0.2, -0.15) is 0 Å². The molecule has 3 aromatic carbocycles. The van der Waals surface area contributed by atoms with Gasteiger partial charge in [-0.05, 0) is 47.2 Å². The van der Waals surface area contributed by atoms with Crippen LogP contribution < -0.4 is 14.8 Å². The molecule has 1 aliphatic carbocycles. The van der Waals surface area contributed by atoms with Crippen molar-refractivity contribution in [1.82, 2.24) is 5.32 Å². The van der Waals surface area contributed by atoms with Gasteiger partial charge in [-0.3, -0.25) is 0 Å². The summed E-state index contributed by atoms with van der Waals surface area (Å²) < 4.78 is 12.4. The van der Waals surface area contributed by atoms with Gasteiger partial charge in [0.1, 0.15) is 13.2 Å². The highest BCUT2D eigenvalue weighted by molar-refractivity contribution is 5.50. The molecule has 4 heteroatoms. The fraction of sp³-hybridized carbons (Fsp3) is 0.333. The summed E-state index contributed by atoms with van der Waals surface area (Å²) in [7, 11) is 0. The van der Waals surface area contributed by atoms with Crippen LogP contribution in [0.25, 0.3) is 0 Å². The molecule has 0 aromatic heterocycles. The Kier molecular flexibility index (Phi) is 6.90. The van der Waals surface area contributed by atoms with Crippen molar-refractivity contribution in [3.8, 4) is 11.5 Å². The standard InChI is InChI=1S/C27H31NO3/c1-19(2)28-24-14-13-22-15-25(30-17-20-9-5-3-6-10-20)26(16-23(22)27(24)29)31-18-21-11-7-4-8-12-21/h3-12,15-16,19,24,27-29H,13-14,17-18H2,1-2H3/t24-,27-/m1/s1. The van der Waals surface area contributed by atoms with Crippen molar-refractivity contribution < 1.29 is 14.6 Å². The molecule has 2 N–H and O–H groups in total. The second kappa shape index (κ2) is 9.99. The smallest absolute Gasteiger partial charge is 0.162 e. The molecule has 0 aliphatic heterocycles. The van der Waals surface area contributed by atoms with Crippen molar-refractivity contribution in [1.29, 1.82) is 0 Å². The fourth-order valence-corrected chi connectivity index (χ4v) is 4.09. The lowest BCUT2D eigenvalue weighted by atomic mass is 9.85. The topological polar surface area (TPSA) is 50.7 Å². The Morgan fingerprint density at radius 1 is 0.871 bits per heavy atom. The Balaban J connectivity index is 1.59. The Hall–Kier alpha value is -2.82. The first-order chi connectivity index (χ1) is 15.1. The molecule has 0 unspecified atom stereocenters. The molecule has 0 radical (unpaired) electrons. The summed E-state index contributed by atoms with van der Waals surface area (Å²) in [5, 5.41) is 14.5. The van der Waals surface area contributed by atoms with E-state index in [2.05, 4.69) is 31.3 Å². The van der Waals surface area contributed by atoms with Crippen LogP contribution in [0.5, 0.6) is 11.5 Å². The van der Waals surface area contributed by atoms with Crippen LogP contribution in [0.2, 0.25) is 0 Å². The van der Waals surface area contributed by atoms with Gasteiger partial charge in [0.05, 0.1) is 6.10 Å². The molecule has 0 saturated carbocycles. The van der Waals surface area contributed by atoms with Crippen LogP contribution in [-0.2, 0) is 19.6 Å². The van der Waals surface area contributed by atoms with E-state index in [1.807, 2.05) is 60.7 Å². The first kappa shape index (κ1) is 21.4. The molecule has 0 heterocycles. The third kappa shape index (κ3) is 5.46. The molecule has 4 nitrogen and oxygen atoms in total. The number of aliphatic hydroxyl groups excluding tert-OH is 1. The highest BCUT2D eigenvalue weighted by Crippen LogP contribution is 2.39. The molecule has 0 fully saturated rings. The molecular weight excluding hydrogens is 386 g/mol. The van der Waals surface area contributed by atoms with Gasteiger partial charge in [0.25, 0.3) is 0 Å². The largest absolute Gasteiger partial charge is 0.485 e. The molecule has 4 rings (SSSR count). The van der Waals surface area contributed by atoms with E-state index in [1.54, 1.807) is 0 Å². The number of rotatable bonds is 8. The van der Waals surface area contributed by atoms with Gasteiger partial charge < -0.3 is 19.9 Å². The SMILES string of the molecule is CC(C)N[C@@H]1CCc2cc(OCc3ccccc3)c(OCc3ccccc3)cc2[C@H]1O. The van der Waals surface area contributed by atoms with Gasteiger partial charge >= 0.3 is 0 Å². The van der Waals surface area contributed by atoms with Crippen LogP contribution in [0.15, 0.2) is 72.8 Å². The minimum Gasteiger partial charge on any atom is -0.485 e. The lowest BCUT2D eigenvalue weighted by Crippen LogP contribution is -2.41. The summed E-state index contributed by atoms with van der Waals surface area (Å²) in [5.41, 5.74) is 4.26. The van der Waals surface area contributed by atoms with Crippen molar-refractivity contribution in [2.24, 2.45) is 0 Å². The number of aryl methyl sites for hydroxylation is 1. The van der Waals surface area contributed by atoms with E-state index in [9.17, 15) is 5.11 Å². The summed E-state index contributed by atoms with van der Waals surface area (Å²) in [6, 6.07) is 24.6. The highest BCUT2D eigenvalue weighted by atomic mass is 16.5. The second-order valence-corrected chi connectivity index (χ2v) is 8.46. The van der Waals surface area contributed by atoms with E-state index in [1.165, 1.54) is 0 Å². The number of fused-ring (bicyclic) bond motifs is 1. The molecule has 0 amide bonds. The number of benzene rings is 3. The maximum absolute atomic E-state index is 11.0. The van der Waals surface area contributed by atoms with Crippen molar-refractivity contribution in [3.63, 3.8) is 0 Å². The number of nitrogens with one attached hydrogen (secondary N) is 1. The first-order valence-electron chi connectivity index (χ1n) is 11.0. The second-order valence-electron chi connectivity index (χ2n) is 8.46. The number of ether oxygens (including phenoxy) is 2. The van der Waals surface area contributed by atoms with E-state index in [-0.39, 0.29) is 6.04 Å². The summed E-state index contributed by atoms with van der Waals surface area (Å²) >= 11 is 0. The minimum atomic E-state index is -0.562. The van der Waals surface area contributed by atoms with E-state index in [0.29, 0.717) is 25.0 Å². The van der Waals surface area contributed by atoms with Gasteiger partial charge in [0.2, 0.25) is 0 Å². The predicted molar refractivity (Wildman–Crippen MR) is 123 cm³/mol. The van der Waals surface area contributed by atoms with Crippen molar-refractivity contribution >= 4 is 0 Å². The zero-order chi connectivity index (χ0) is 21.6. The summed E-state index contributed by atoms with van der Waals surface area (Å²) in [6.07, 6.45) is 1.24. The zero-order valence-electron chi connectivity index (χ0n) is 18.3. The van der Waals surface area contributed by atoms with Gasteiger partial charge in [-0.25, -0.2) is 0 Å². The van der Waals surface area contributed by atoms with Gasteiger partial charge in [-0.1, -0.05) is 74.5 Å². The van der Waals surface area contributed by atoms with Crippen molar-refractivity contribution in [2.75, 3.05) is 0 Å². The van der Waals surface area contributed by atoms with Gasteiger partial charge in [0, 0.05) is 12.1 Å². The van der Waals surface area contributed by atoms with Crippen molar-refractivity contribution in [2.45, 2.75) is 58.1 Å². The van der Waals surface area contributed by atoms with Crippen molar-refractivity contribution in [3.05, 3.63) is 95.1 Å². The summed E-state index contributed by atoms with van der Waals surface area (Å²) in [4.78, 5) is 0. The highest BCUT2D eigenvalue weighted by Gasteiger charge is 2.30. The fourth-order valence-electron chi connectivity index (χ4n) is 4.09. The maximum Gasteiger partial charge on any atom is 0.162 e. The molecule has 0 bridgehead atoms. The van der Waals surface area contributed by atoms with E-state index < -0.39 is 6.10 Å². The minimum absolute atomic E-state index is 0.0468. The number of hydrogen-bond donors (Lipinski definition) is 2. The van der Waals surface area contributed by atoms with Crippen LogP contribution in [0.4, 0.5) is 0 Å². The molecular formula is C27H31NO3. The maximum atomic E-state index is 11.0. The van der Waals surface area contributed by atoms with Crippen LogP contribution in [-0.4, -0.2) is 17.2 Å². The molecule has 162 valence electrons. The average molecular weight is 418 g/mol. The number of aliphatic hydroxyl groups is 1. The van der Waals surface area contributed by atoms with E-state index in [0.717, 1.165) is 40.8 Å². The Labute approximate surface area is 184 Å². The lowest BCUT2D eigenvalue weighted by Gasteiger charge is -2.33. The zero-order valence-corrected chi connectivity index (χ0v) is 18.3. The molecule has 31 heavy (non-hydrogen) atoms. The lowest BCUT2D eigenvalue weighted by molar-refractivity contribution is 0.110. The van der Waals surface area contributed by atoms with Crippen LogP contribution in [0, 0.1) is 0 Å². The van der Waals surface area contributed by atoms with E-state index in [4.69, 9.17) is 9.47 Å². The van der Waals surface area contributed by atoms with E-state index >= 15 is 0 Å². The molecule has 0 saturated heterocycles. The number of hydrogen-bond acceptors (Lipinski definition) is 4. The van der Waals surface area contributed by atoms with Gasteiger partial charge in [0.15, 0.2) is 11.5 Å². The normalized spacial score (nSPS) is 17.9. The summed E-state index contributed by atoms with van der Waals surface area (Å²) in [5.74, 6) is 1.39. The summed E-state index contributed by atoms with van der Waals surface area (Å²) in [6.45, 7) is 5.14. The third-order valence-electron chi connectivity index (χ3n) is 5.65.